The summed E-state index contributed by atoms with van der Waals surface area (Å²) in [6.45, 7) is 0. The van der Waals surface area contributed by atoms with Crippen molar-refractivity contribution < 1.29 is 21.4 Å². The molecule has 0 aliphatic carbocycles. The fourth-order valence-corrected chi connectivity index (χ4v) is 4.37. The average Bonchev–Trinajstić information content (AvgIpc) is 2.41. The first-order valence-corrected chi connectivity index (χ1v) is 8.99. The molecule has 0 unspecified atom stereocenters. The molecule has 7 nitrogen and oxygen atoms in total. The van der Waals surface area contributed by atoms with Crippen LogP contribution in [0.2, 0.25) is 0 Å². The first-order valence-electron chi connectivity index (χ1n) is 6.01. The van der Waals surface area contributed by atoms with E-state index >= 15 is 0 Å². The Labute approximate surface area is 126 Å². The fourth-order valence-electron chi connectivity index (χ4n) is 2.30. The number of nitrogens with zero attached hydrogens (tertiary/aromatic N) is 1. The van der Waals surface area contributed by atoms with Crippen LogP contribution in [0.3, 0.4) is 0 Å². The van der Waals surface area contributed by atoms with Gasteiger partial charge in [0.2, 0.25) is 10.0 Å². The van der Waals surface area contributed by atoms with Crippen LogP contribution in [0.4, 0.5) is 0 Å². The summed E-state index contributed by atoms with van der Waals surface area (Å²) in [6.07, 6.45) is 0. The smallest absolute Gasteiger partial charge is 0.282 e. The van der Waals surface area contributed by atoms with Crippen molar-refractivity contribution in [2.45, 2.75) is 9.79 Å². The molecule has 0 saturated carbocycles. The normalized spacial score (nSPS) is 12.8. The van der Waals surface area contributed by atoms with Gasteiger partial charge in [0.05, 0.1) is 11.0 Å². The van der Waals surface area contributed by atoms with Crippen LogP contribution < -0.4 is 5.14 Å². The molecular formula is C13H10N2O5S2. The monoisotopic (exact) mass is 338 g/mol. The number of sulfonamides is 1. The predicted molar refractivity (Wildman–Crippen MR) is 80.4 cm³/mol. The average molecular weight is 338 g/mol. The minimum atomic E-state index is -4.75. The number of fused-ring (bicyclic) bond motifs is 2. The third-order valence-corrected chi connectivity index (χ3v) is 5.21. The summed E-state index contributed by atoms with van der Waals surface area (Å²) in [7, 11) is -9.14. The van der Waals surface area contributed by atoms with Gasteiger partial charge in [-0.2, -0.15) is 8.42 Å². The van der Waals surface area contributed by atoms with E-state index in [1.54, 1.807) is 24.3 Å². The summed E-state index contributed by atoms with van der Waals surface area (Å²) in [5, 5.41) is 5.79. The van der Waals surface area contributed by atoms with Crippen molar-refractivity contribution in [3.8, 4) is 0 Å². The van der Waals surface area contributed by atoms with E-state index in [9.17, 15) is 21.4 Å². The van der Waals surface area contributed by atoms with Crippen LogP contribution in [0.15, 0.2) is 52.3 Å². The molecule has 0 spiro atoms. The first-order chi connectivity index (χ1) is 10.2. The molecule has 1 aromatic heterocycles. The minimum Gasteiger partial charge on any atom is -0.282 e. The van der Waals surface area contributed by atoms with Gasteiger partial charge in [-0.25, -0.2) is 18.5 Å². The first kappa shape index (κ1) is 14.9. The maximum Gasteiger partial charge on any atom is 0.295 e. The number of aromatic nitrogens is 1. The summed E-state index contributed by atoms with van der Waals surface area (Å²) >= 11 is 0. The number of rotatable bonds is 2. The van der Waals surface area contributed by atoms with E-state index in [1.165, 1.54) is 12.1 Å². The molecule has 2 aromatic carbocycles. The van der Waals surface area contributed by atoms with Crippen LogP contribution in [-0.4, -0.2) is 26.4 Å². The number of primary sulfonamides is 1. The van der Waals surface area contributed by atoms with Crippen molar-refractivity contribution in [2.24, 2.45) is 5.14 Å². The number of pyridine rings is 1. The van der Waals surface area contributed by atoms with E-state index in [0.29, 0.717) is 10.9 Å². The van der Waals surface area contributed by atoms with Crippen molar-refractivity contribution in [2.75, 3.05) is 0 Å². The predicted octanol–water partition coefficient (Wildman–Crippen LogP) is 1.28. The number of hydrogen-bond acceptors (Lipinski definition) is 5. The minimum absolute atomic E-state index is 0.0383. The second kappa shape index (κ2) is 4.71. The zero-order chi connectivity index (χ0) is 16.1. The highest BCUT2D eigenvalue weighted by atomic mass is 32.2. The van der Waals surface area contributed by atoms with Crippen molar-refractivity contribution in [1.82, 2.24) is 4.98 Å². The highest BCUT2D eigenvalue weighted by Gasteiger charge is 2.26. The Kier molecular flexibility index (Phi) is 3.18. The number of benzene rings is 2. The van der Waals surface area contributed by atoms with Crippen molar-refractivity contribution in [1.29, 1.82) is 0 Å². The van der Waals surface area contributed by atoms with E-state index in [-0.39, 0.29) is 10.9 Å². The fraction of sp³-hybridized carbons (Fsp3) is 0. The lowest BCUT2D eigenvalue weighted by Crippen LogP contribution is -2.17. The molecule has 0 radical (unpaired) electrons. The summed E-state index contributed by atoms with van der Waals surface area (Å²) in [6, 6.07) is 10.7. The number of para-hydroxylation sites is 1. The van der Waals surface area contributed by atoms with E-state index in [0.717, 1.165) is 6.07 Å². The molecule has 22 heavy (non-hydrogen) atoms. The molecule has 3 N–H and O–H groups in total. The Morgan fingerprint density at radius 3 is 2.27 bits per heavy atom. The lowest BCUT2D eigenvalue weighted by atomic mass is 10.1. The van der Waals surface area contributed by atoms with Crippen LogP contribution in [-0.2, 0) is 20.1 Å². The standard InChI is InChI=1S/C13H10N2O5S2/c14-21(16,17)13-9-7-8-3-1-2-4-10(8)15-11(9)5-6-12(13)22(18,19)20/h1-7H,(H2,14,16,17)(H,18,19,20). The van der Waals surface area contributed by atoms with E-state index in [1.807, 2.05) is 0 Å². The van der Waals surface area contributed by atoms with E-state index < -0.39 is 29.9 Å². The molecule has 0 fully saturated rings. The van der Waals surface area contributed by atoms with Gasteiger partial charge >= 0.3 is 0 Å². The molecule has 0 amide bonds. The summed E-state index contributed by atoms with van der Waals surface area (Å²) in [5.74, 6) is 0. The molecule has 0 aliphatic heterocycles. The third-order valence-electron chi connectivity index (χ3n) is 3.18. The Morgan fingerprint density at radius 1 is 0.955 bits per heavy atom. The Hall–Kier alpha value is -2.07. The molecule has 9 heteroatoms. The Morgan fingerprint density at radius 2 is 1.64 bits per heavy atom. The Bertz CT molecular complexity index is 1120. The van der Waals surface area contributed by atoms with Gasteiger partial charge in [-0.15, -0.1) is 0 Å². The lowest BCUT2D eigenvalue weighted by Gasteiger charge is -2.10. The van der Waals surface area contributed by atoms with Gasteiger partial charge in [-0.1, -0.05) is 18.2 Å². The summed E-state index contributed by atoms with van der Waals surface area (Å²) < 4.78 is 55.7. The molecule has 0 aliphatic rings. The lowest BCUT2D eigenvalue weighted by molar-refractivity contribution is 0.480. The van der Waals surface area contributed by atoms with Crippen LogP contribution in [0.1, 0.15) is 0 Å². The highest BCUT2D eigenvalue weighted by molar-refractivity contribution is 7.91. The zero-order valence-electron chi connectivity index (χ0n) is 11.0. The maximum atomic E-state index is 11.8. The van der Waals surface area contributed by atoms with Gasteiger partial charge < -0.3 is 0 Å². The van der Waals surface area contributed by atoms with Gasteiger partial charge in [-0.05, 0) is 24.3 Å². The van der Waals surface area contributed by atoms with Crippen LogP contribution >= 0.6 is 0 Å². The summed E-state index contributed by atoms with van der Waals surface area (Å²) in [4.78, 5) is 2.85. The second-order valence-electron chi connectivity index (χ2n) is 4.66. The maximum absolute atomic E-state index is 11.8. The van der Waals surface area contributed by atoms with Gasteiger partial charge in [0, 0.05) is 10.8 Å². The topological polar surface area (TPSA) is 127 Å². The number of hydrogen-bond donors (Lipinski definition) is 2. The van der Waals surface area contributed by atoms with E-state index in [4.69, 9.17) is 5.14 Å². The van der Waals surface area contributed by atoms with Crippen LogP contribution in [0.5, 0.6) is 0 Å². The quantitative estimate of drug-likeness (QED) is 0.535. The highest BCUT2D eigenvalue weighted by Crippen LogP contribution is 2.30. The third kappa shape index (κ3) is 2.44. The molecule has 3 rings (SSSR count). The van der Waals surface area contributed by atoms with Gasteiger partial charge in [-0.3, -0.25) is 4.55 Å². The largest absolute Gasteiger partial charge is 0.295 e. The Balaban J connectivity index is 2.60. The number of nitrogens with two attached hydrogens (primary N) is 1. The molecular weight excluding hydrogens is 328 g/mol. The van der Waals surface area contributed by atoms with Crippen LogP contribution in [0, 0.1) is 0 Å². The van der Waals surface area contributed by atoms with Crippen LogP contribution in [0.25, 0.3) is 21.8 Å². The van der Waals surface area contributed by atoms with Gasteiger partial charge in [0.1, 0.15) is 9.79 Å². The second-order valence-corrected chi connectivity index (χ2v) is 7.55. The SMILES string of the molecule is NS(=O)(=O)c1c(S(=O)(=O)O)ccc2nc3ccccc3cc12. The van der Waals surface area contributed by atoms with Crippen molar-refractivity contribution >= 4 is 41.9 Å². The van der Waals surface area contributed by atoms with E-state index in [2.05, 4.69) is 4.98 Å². The zero-order valence-corrected chi connectivity index (χ0v) is 12.6. The van der Waals surface area contributed by atoms with Crippen molar-refractivity contribution in [3.63, 3.8) is 0 Å². The summed E-state index contributed by atoms with van der Waals surface area (Å²) in [5.41, 5.74) is 0.880. The van der Waals surface area contributed by atoms with Crippen molar-refractivity contribution in [3.05, 3.63) is 42.5 Å². The molecule has 0 bridgehead atoms. The molecule has 0 atom stereocenters. The molecule has 114 valence electrons. The molecule has 0 saturated heterocycles. The molecule has 1 heterocycles. The molecule has 3 aromatic rings. The van der Waals surface area contributed by atoms with Gasteiger partial charge in [0.25, 0.3) is 10.1 Å². The van der Waals surface area contributed by atoms with Gasteiger partial charge in [0.15, 0.2) is 0 Å².